The summed E-state index contributed by atoms with van der Waals surface area (Å²) >= 11 is 5.94. The van der Waals surface area contributed by atoms with E-state index in [1.54, 1.807) is 58.4 Å². The molecule has 1 atom stereocenters. The van der Waals surface area contributed by atoms with Crippen molar-refractivity contribution in [3.8, 4) is 11.7 Å². The number of likely N-dealkylation sites (tertiary alicyclic amines) is 1. The Hall–Kier alpha value is -3.46. The molecule has 5 rings (SSSR count). The minimum atomic E-state index is -0.327. The highest BCUT2D eigenvalue weighted by molar-refractivity contribution is 6.30. The predicted molar refractivity (Wildman–Crippen MR) is 121 cm³/mol. The number of hydrogen-bond donors (Lipinski definition) is 0. The highest BCUT2D eigenvalue weighted by atomic mass is 35.5. The molecule has 1 unspecified atom stereocenters. The van der Waals surface area contributed by atoms with Crippen LogP contribution in [0.1, 0.15) is 19.3 Å². The summed E-state index contributed by atoms with van der Waals surface area (Å²) in [7, 11) is 0. The Morgan fingerprint density at radius 1 is 1.06 bits per heavy atom. The van der Waals surface area contributed by atoms with E-state index in [-0.39, 0.29) is 30.3 Å². The first-order valence-electron chi connectivity index (χ1n) is 10.9. The largest absolute Gasteiger partial charge is 0.473 e. The minimum absolute atomic E-state index is 0.0293. The lowest BCUT2D eigenvalue weighted by atomic mass is 10.0. The van der Waals surface area contributed by atoms with Crippen molar-refractivity contribution in [3.63, 3.8) is 0 Å². The lowest BCUT2D eigenvalue weighted by molar-refractivity contribution is -0.137. The van der Waals surface area contributed by atoms with Gasteiger partial charge in [-0.3, -0.25) is 9.59 Å². The molecule has 2 aliphatic heterocycles. The minimum Gasteiger partial charge on any atom is -0.473 e. The molecule has 3 aromatic rings. The summed E-state index contributed by atoms with van der Waals surface area (Å²) in [5.41, 5.74) is 0.770. The van der Waals surface area contributed by atoms with E-state index in [4.69, 9.17) is 16.3 Å². The third kappa shape index (κ3) is 4.68. The second kappa shape index (κ2) is 9.19. The molecule has 9 nitrogen and oxygen atoms in total. The lowest BCUT2D eigenvalue weighted by Crippen LogP contribution is -2.45. The Labute approximate surface area is 195 Å². The molecule has 0 saturated carbocycles. The van der Waals surface area contributed by atoms with Crippen molar-refractivity contribution in [1.29, 1.82) is 0 Å². The number of ether oxygens (including phenoxy) is 1. The zero-order chi connectivity index (χ0) is 22.8. The molecule has 1 aromatic carbocycles. The average molecular weight is 467 g/mol. The molecule has 0 radical (unpaired) electrons. The zero-order valence-electron chi connectivity index (χ0n) is 17.9. The molecule has 2 amide bonds. The van der Waals surface area contributed by atoms with Gasteiger partial charge in [0.25, 0.3) is 0 Å². The van der Waals surface area contributed by atoms with Crippen molar-refractivity contribution >= 4 is 29.1 Å². The smallest absolute Gasteiger partial charge is 0.233 e. The first kappa shape index (κ1) is 21.4. The molecule has 10 heteroatoms. The summed E-state index contributed by atoms with van der Waals surface area (Å²) in [6, 6.07) is 12.5. The van der Waals surface area contributed by atoms with Crippen molar-refractivity contribution < 1.29 is 14.3 Å². The quantitative estimate of drug-likeness (QED) is 0.574. The van der Waals surface area contributed by atoms with Crippen molar-refractivity contribution in [2.75, 3.05) is 24.5 Å². The summed E-state index contributed by atoms with van der Waals surface area (Å²) in [5.74, 6) is 0.737. The number of aromatic nitrogens is 4. The van der Waals surface area contributed by atoms with Gasteiger partial charge in [-0.2, -0.15) is 5.10 Å². The first-order chi connectivity index (χ1) is 16.1. The van der Waals surface area contributed by atoms with Gasteiger partial charge in [-0.15, -0.1) is 10.2 Å². The zero-order valence-corrected chi connectivity index (χ0v) is 18.6. The van der Waals surface area contributed by atoms with E-state index >= 15 is 0 Å². The van der Waals surface area contributed by atoms with Crippen LogP contribution in [0.3, 0.4) is 0 Å². The number of amides is 2. The number of rotatable bonds is 5. The maximum absolute atomic E-state index is 13.0. The molecule has 2 aliphatic rings. The monoisotopic (exact) mass is 466 g/mol. The van der Waals surface area contributed by atoms with Crippen molar-refractivity contribution in [1.82, 2.24) is 24.9 Å². The summed E-state index contributed by atoms with van der Waals surface area (Å²) in [6.45, 7) is 1.58. The highest BCUT2D eigenvalue weighted by Crippen LogP contribution is 2.28. The van der Waals surface area contributed by atoms with Gasteiger partial charge in [0.15, 0.2) is 5.82 Å². The molecule has 2 fully saturated rings. The highest BCUT2D eigenvalue weighted by Gasteiger charge is 2.38. The maximum Gasteiger partial charge on any atom is 0.233 e. The van der Waals surface area contributed by atoms with Crippen LogP contribution < -0.4 is 9.64 Å². The van der Waals surface area contributed by atoms with Gasteiger partial charge in [-0.1, -0.05) is 11.6 Å². The van der Waals surface area contributed by atoms with E-state index in [0.29, 0.717) is 49.2 Å². The van der Waals surface area contributed by atoms with Crippen LogP contribution in [0.4, 0.5) is 5.69 Å². The fourth-order valence-corrected chi connectivity index (χ4v) is 4.39. The van der Waals surface area contributed by atoms with Gasteiger partial charge in [0.2, 0.25) is 17.7 Å². The Morgan fingerprint density at radius 2 is 1.85 bits per heavy atom. The van der Waals surface area contributed by atoms with Gasteiger partial charge in [0.05, 0.1) is 5.92 Å². The van der Waals surface area contributed by atoms with Gasteiger partial charge < -0.3 is 14.5 Å². The summed E-state index contributed by atoms with van der Waals surface area (Å²) in [4.78, 5) is 29.1. The van der Waals surface area contributed by atoms with E-state index in [1.165, 1.54) is 0 Å². The standard InChI is InChI=1S/C23H23ClN6O3/c24-17-2-4-18(5-3-17)29-15-16(14-22(29)31)23(32)28-12-8-19(9-13-28)33-21-7-6-20(26-27-21)30-11-1-10-25-30/h1-7,10-11,16,19H,8-9,12-15H2. The van der Waals surface area contributed by atoms with Gasteiger partial charge in [0, 0.05) is 68.1 Å². The van der Waals surface area contributed by atoms with E-state index in [0.717, 1.165) is 5.69 Å². The Kier molecular flexibility index (Phi) is 5.95. The molecule has 0 spiro atoms. The number of piperidine rings is 1. The van der Waals surface area contributed by atoms with E-state index < -0.39 is 0 Å². The predicted octanol–water partition coefficient (Wildman–Crippen LogP) is 2.74. The summed E-state index contributed by atoms with van der Waals surface area (Å²) in [6.07, 6.45) is 5.08. The molecular formula is C23H23ClN6O3. The molecule has 2 saturated heterocycles. The van der Waals surface area contributed by atoms with Crippen LogP contribution >= 0.6 is 11.6 Å². The molecule has 2 aromatic heterocycles. The third-order valence-corrected chi connectivity index (χ3v) is 6.27. The SMILES string of the molecule is O=C(C1CC(=O)N(c2ccc(Cl)cc2)C1)N1CCC(Oc2ccc(-n3cccn3)nn2)CC1. The number of carbonyl (C=O) groups excluding carboxylic acids is 2. The van der Waals surface area contributed by atoms with E-state index in [9.17, 15) is 9.59 Å². The summed E-state index contributed by atoms with van der Waals surface area (Å²) in [5, 5.41) is 13.0. The number of anilines is 1. The number of nitrogens with zero attached hydrogens (tertiary/aromatic N) is 6. The van der Waals surface area contributed by atoms with Crippen LogP contribution in [0, 0.1) is 5.92 Å². The fourth-order valence-electron chi connectivity index (χ4n) is 4.27. The molecule has 33 heavy (non-hydrogen) atoms. The van der Waals surface area contributed by atoms with Crippen LogP contribution in [0.15, 0.2) is 54.9 Å². The van der Waals surface area contributed by atoms with Crippen LogP contribution in [-0.2, 0) is 9.59 Å². The lowest BCUT2D eigenvalue weighted by Gasteiger charge is -2.33. The molecule has 0 aliphatic carbocycles. The van der Waals surface area contributed by atoms with Gasteiger partial charge >= 0.3 is 0 Å². The number of hydrogen-bond acceptors (Lipinski definition) is 6. The molecule has 4 heterocycles. The second-order valence-corrected chi connectivity index (χ2v) is 8.64. The van der Waals surface area contributed by atoms with Gasteiger partial charge in [-0.05, 0) is 36.4 Å². The van der Waals surface area contributed by atoms with Crippen LogP contribution in [0.25, 0.3) is 5.82 Å². The van der Waals surface area contributed by atoms with Gasteiger partial charge in [-0.25, -0.2) is 4.68 Å². The van der Waals surface area contributed by atoms with Crippen LogP contribution in [0.5, 0.6) is 5.88 Å². The van der Waals surface area contributed by atoms with Crippen LogP contribution in [0.2, 0.25) is 5.02 Å². The molecule has 170 valence electrons. The fraction of sp³-hybridized carbons (Fsp3) is 0.348. The Bertz CT molecular complexity index is 1110. The number of benzene rings is 1. The topological polar surface area (TPSA) is 93.5 Å². The van der Waals surface area contributed by atoms with E-state index in [2.05, 4.69) is 15.3 Å². The molecular weight excluding hydrogens is 444 g/mol. The van der Waals surface area contributed by atoms with Gasteiger partial charge in [0.1, 0.15) is 6.10 Å². The third-order valence-electron chi connectivity index (χ3n) is 6.02. The van der Waals surface area contributed by atoms with Crippen LogP contribution in [-0.4, -0.2) is 62.4 Å². The van der Waals surface area contributed by atoms with E-state index in [1.807, 2.05) is 11.0 Å². The number of halogens is 1. The second-order valence-electron chi connectivity index (χ2n) is 8.20. The average Bonchev–Trinajstić information content (AvgIpc) is 3.51. The Balaban J connectivity index is 1.13. The maximum atomic E-state index is 13.0. The molecule has 0 bridgehead atoms. The summed E-state index contributed by atoms with van der Waals surface area (Å²) < 4.78 is 7.60. The van der Waals surface area contributed by atoms with Crippen molar-refractivity contribution in [2.24, 2.45) is 5.92 Å². The van der Waals surface area contributed by atoms with Crippen molar-refractivity contribution in [2.45, 2.75) is 25.4 Å². The normalized spacial score (nSPS) is 19.2. The molecule has 0 N–H and O–H groups in total. The number of carbonyl (C=O) groups is 2. The van der Waals surface area contributed by atoms with Crippen molar-refractivity contribution in [3.05, 3.63) is 59.9 Å². The Morgan fingerprint density at radius 3 is 2.52 bits per heavy atom. The first-order valence-corrected chi connectivity index (χ1v) is 11.3.